The van der Waals surface area contributed by atoms with Crippen LogP contribution in [0.4, 0.5) is 0 Å². The molecule has 0 aliphatic carbocycles. The minimum absolute atomic E-state index is 0. The number of nitrogens with zero attached hydrogens (tertiary/aromatic N) is 1. The van der Waals surface area contributed by atoms with Crippen molar-refractivity contribution < 1.29 is 41.2 Å². The van der Waals surface area contributed by atoms with Gasteiger partial charge in [0, 0.05) is 19.0 Å². The Bertz CT molecular complexity index is 1090. The Morgan fingerprint density at radius 2 is 1.87 bits per heavy atom. The Kier molecular flexibility index (Phi) is 8.84. The number of hydrogen-bond acceptors (Lipinski definition) is 6. The van der Waals surface area contributed by atoms with Gasteiger partial charge in [0.05, 0.1) is 18.7 Å². The number of oxazole rings is 1. The zero-order chi connectivity index (χ0) is 21.5. The highest BCUT2D eigenvalue weighted by molar-refractivity contribution is 5.99. The molecule has 1 heterocycles. The first-order chi connectivity index (χ1) is 14.5. The van der Waals surface area contributed by atoms with Crippen molar-refractivity contribution in [2.75, 3.05) is 26.3 Å². The first-order valence-electron chi connectivity index (χ1n) is 9.79. The number of aromatic nitrogens is 1. The second-order valence-corrected chi connectivity index (χ2v) is 6.80. The molecule has 3 aromatic rings. The second kappa shape index (κ2) is 11.3. The van der Waals surface area contributed by atoms with Gasteiger partial charge in [0.2, 0.25) is 5.78 Å². The number of ether oxygens (including phenoxy) is 2. The predicted octanol–water partition coefficient (Wildman–Crippen LogP) is -1.93. The molecule has 0 unspecified atom stereocenters. The largest absolute Gasteiger partial charge is 1.00 e. The lowest BCUT2D eigenvalue weighted by molar-refractivity contribution is -0.642. The van der Waals surface area contributed by atoms with E-state index in [1.807, 2.05) is 29.6 Å². The maximum Gasteiger partial charge on any atom is 0.419 e. The summed E-state index contributed by atoms with van der Waals surface area (Å²) in [5.41, 5.74) is 2.71. The van der Waals surface area contributed by atoms with Gasteiger partial charge in [-0.3, -0.25) is 9.36 Å². The van der Waals surface area contributed by atoms with Gasteiger partial charge >= 0.3 is 11.7 Å². The number of carbonyl (C=O) groups is 2. The van der Waals surface area contributed by atoms with Crippen LogP contribution in [0.1, 0.15) is 22.8 Å². The third kappa shape index (κ3) is 6.44. The number of esters is 1. The van der Waals surface area contributed by atoms with Crippen molar-refractivity contribution in [1.29, 1.82) is 0 Å². The van der Waals surface area contributed by atoms with Crippen LogP contribution in [0.25, 0.3) is 11.1 Å². The molecule has 2 aromatic carbocycles. The van der Waals surface area contributed by atoms with Gasteiger partial charge < -0.3 is 31.6 Å². The molecule has 0 aliphatic rings. The van der Waals surface area contributed by atoms with Gasteiger partial charge in [0.1, 0.15) is 12.3 Å². The molecule has 0 saturated heterocycles. The van der Waals surface area contributed by atoms with Crippen molar-refractivity contribution in [3.05, 3.63) is 64.1 Å². The van der Waals surface area contributed by atoms with Crippen molar-refractivity contribution in [3.8, 4) is 5.75 Å². The Morgan fingerprint density at radius 3 is 2.58 bits per heavy atom. The van der Waals surface area contributed by atoms with Crippen molar-refractivity contribution in [2.24, 2.45) is 7.05 Å². The Labute approximate surface area is 185 Å². The fourth-order valence-corrected chi connectivity index (χ4v) is 3.02. The number of rotatable bonds is 10. The number of Topliss-reactive ketones (excluding diaryl/α,β-unsaturated/α-hetero) is 1. The summed E-state index contributed by atoms with van der Waals surface area (Å²) in [5.74, 6) is -0.257. The van der Waals surface area contributed by atoms with Crippen LogP contribution in [-0.2, 0) is 23.0 Å². The highest BCUT2D eigenvalue weighted by atomic mass is 35.5. The lowest BCUT2D eigenvalue weighted by Crippen LogP contribution is -3.00. The van der Waals surface area contributed by atoms with E-state index in [0.717, 1.165) is 18.5 Å². The molecule has 0 fully saturated rings. The smallest absolute Gasteiger partial charge is 0.419 e. The molecule has 8 nitrogen and oxygen atoms in total. The van der Waals surface area contributed by atoms with Gasteiger partial charge in [0.25, 0.3) is 0 Å². The van der Waals surface area contributed by atoms with Gasteiger partial charge in [-0.2, -0.15) is 0 Å². The van der Waals surface area contributed by atoms with Crippen molar-refractivity contribution in [3.63, 3.8) is 0 Å². The van der Waals surface area contributed by atoms with E-state index in [9.17, 15) is 14.4 Å². The summed E-state index contributed by atoms with van der Waals surface area (Å²) in [7, 11) is 1.63. The van der Waals surface area contributed by atoms with Crippen LogP contribution in [0.2, 0.25) is 0 Å². The molecule has 0 aliphatic heterocycles. The first kappa shape index (κ1) is 24.2. The second-order valence-electron chi connectivity index (χ2n) is 6.80. The summed E-state index contributed by atoms with van der Waals surface area (Å²) < 4.78 is 16.7. The summed E-state index contributed by atoms with van der Waals surface area (Å²) in [6, 6.07) is 12.5. The third-order valence-corrected chi connectivity index (χ3v) is 4.67. The number of benzene rings is 2. The molecule has 0 amide bonds. The Hall–Kier alpha value is -3.10. The average molecular weight is 449 g/mol. The number of ketones is 1. The third-order valence-electron chi connectivity index (χ3n) is 4.67. The summed E-state index contributed by atoms with van der Waals surface area (Å²) in [5, 5.41) is 1.94. The van der Waals surface area contributed by atoms with Gasteiger partial charge in [-0.1, -0.05) is 12.1 Å². The number of quaternary nitrogens is 1. The number of halogens is 1. The predicted molar refractivity (Wildman–Crippen MR) is 110 cm³/mol. The number of carbonyl (C=O) groups excluding carboxylic acids is 2. The Morgan fingerprint density at radius 1 is 1.13 bits per heavy atom. The van der Waals surface area contributed by atoms with Crippen molar-refractivity contribution in [2.45, 2.75) is 13.3 Å². The lowest BCUT2D eigenvalue weighted by Gasteiger charge is -2.07. The van der Waals surface area contributed by atoms with Crippen LogP contribution >= 0.6 is 0 Å². The molecule has 2 N–H and O–H groups in total. The topological polar surface area (TPSA) is 104 Å². The van der Waals surface area contributed by atoms with Crippen LogP contribution in [0.5, 0.6) is 5.75 Å². The zero-order valence-corrected chi connectivity index (χ0v) is 18.2. The number of aryl methyl sites for hydroxylation is 1. The molecule has 0 saturated carbocycles. The SMILES string of the molecule is CCOC(=O)COc1ccc(CC[NH2+]CC(=O)c2ccc3c(c2)oc(=O)n3C)cc1.[Cl-]. The van der Waals surface area contributed by atoms with E-state index in [-0.39, 0.29) is 24.8 Å². The van der Waals surface area contributed by atoms with E-state index in [1.54, 1.807) is 32.2 Å². The van der Waals surface area contributed by atoms with Crippen molar-refractivity contribution >= 4 is 22.9 Å². The highest BCUT2D eigenvalue weighted by Crippen LogP contribution is 2.14. The van der Waals surface area contributed by atoms with Crippen molar-refractivity contribution in [1.82, 2.24) is 4.57 Å². The van der Waals surface area contributed by atoms with Gasteiger partial charge in [-0.15, -0.1) is 0 Å². The van der Waals surface area contributed by atoms with E-state index in [2.05, 4.69) is 0 Å². The minimum Gasteiger partial charge on any atom is -1.00 e. The Balaban J connectivity index is 0.00000341. The fourth-order valence-electron chi connectivity index (χ4n) is 3.02. The van der Waals surface area contributed by atoms with E-state index >= 15 is 0 Å². The maximum atomic E-state index is 12.4. The van der Waals surface area contributed by atoms with Crippen LogP contribution in [-0.4, -0.2) is 42.6 Å². The monoisotopic (exact) mass is 448 g/mol. The number of hydrogen-bond donors (Lipinski definition) is 1. The standard InChI is InChI=1S/C22H24N2O6.ClH/c1-3-28-21(26)14-29-17-7-4-15(5-8-17)10-11-23-13-19(25)16-6-9-18-20(12-16)30-22(27)24(18)2;/h4-9,12,23H,3,10-11,13-14H2,1-2H3;1H. The number of nitrogens with two attached hydrogens (primary N) is 1. The molecule has 31 heavy (non-hydrogen) atoms. The molecule has 0 atom stereocenters. The van der Waals surface area contributed by atoms with Gasteiger partial charge in [0.15, 0.2) is 12.2 Å². The molecule has 0 radical (unpaired) electrons. The summed E-state index contributed by atoms with van der Waals surface area (Å²) >= 11 is 0. The summed E-state index contributed by atoms with van der Waals surface area (Å²) in [6.45, 7) is 3.03. The maximum absolute atomic E-state index is 12.4. The minimum atomic E-state index is -0.446. The van der Waals surface area contributed by atoms with E-state index < -0.39 is 11.7 Å². The van der Waals surface area contributed by atoms with E-state index in [0.29, 0.717) is 35.6 Å². The van der Waals surface area contributed by atoms with Crippen LogP contribution < -0.4 is 28.2 Å². The van der Waals surface area contributed by atoms with E-state index in [4.69, 9.17) is 13.9 Å². The molecule has 0 spiro atoms. The molecular weight excluding hydrogens is 424 g/mol. The zero-order valence-electron chi connectivity index (χ0n) is 17.4. The molecule has 0 bridgehead atoms. The molecule has 3 rings (SSSR count). The first-order valence-corrected chi connectivity index (χ1v) is 9.79. The normalized spacial score (nSPS) is 10.5. The fraction of sp³-hybridized carbons (Fsp3) is 0.318. The lowest BCUT2D eigenvalue weighted by atomic mass is 10.1. The molecule has 1 aromatic heterocycles. The quantitative estimate of drug-likeness (QED) is 0.220. The highest BCUT2D eigenvalue weighted by Gasteiger charge is 2.12. The van der Waals surface area contributed by atoms with Crippen LogP contribution in [0, 0.1) is 0 Å². The summed E-state index contributed by atoms with van der Waals surface area (Å²) in [6.07, 6.45) is 0.790. The van der Waals surface area contributed by atoms with Crippen LogP contribution in [0.15, 0.2) is 51.7 Å². The van der Waals surface area contributed by atoms with Crippen LogP contribution in [0.3, 0.4) is 0 Å². The van der Waals surface area contributed by atoms with Gasteiger partial charge in [-0.05, 0) is 42.8 Å². The molecule has 166 valence electrons. The number of fused-ring (bicyclic) bond motifs is 1. The average Bonchev–Trinajstić information content (AvgIpc) is 3.03. The van der Waals surface area contributed by atoms with Gasteiger partial charge in [-0.25, -0.2) is 9.59 Å². The molecule has 9 heteroatoms. The van der Waals surface area contributed by atoms with E-state index in [1.165, 1.54) is 4.57 Å². The summed E-state index contributed by atoms with van der Waals surface area (Å²) in [4.78, 5) is 35.2. The molecular formula is C22H25ClN2O6.